The van der Waals surface area contributed by atoms with Crippen LogP contribution in [0.5, 0.6) is 0 Å². The van der Waals surface area contributed by atoms with Crippen LogP contribution >= 0.6 is 11.3 Å². The second-order valence-electron chi connectivity index (χ2n) is 7.93. The fraction of sp³-hybridized carbons (Fsp3) is 0.154. The van der Waals surface area contributed by atoms with Crippen LogP contribution < -0.4 is 10.9 Å². The number of hydrogen-bond acceptors (Lipinski definition) is 7. The van der Waals surface area contributed by atoms with Crippen LogP contribution in [0, 0.1) is 0 Å². The molecule has 9 heteroatoms. The molecule has 1 aliphatic carbocycles. The van der Waals surface area contributed by atoms with Gasteiger partial charge in [0.2, 0.25) is 0 Å². The van der Waals surface area contributed by atoms with E-state index in [2.05, 4.69) is 10.9 Å². The number of nitrogens with zero attached hydrogens (tertiary/aromatic N) is 1. The summed E-state index contributed by atoms with van der Waals surface area (Å²) in [6.45, 7) is -0.538. The zero-order chi connectivity index (χ0) is 24.2. The number of rotatable bonds is 5. The van der Waals surface area contributed by atoms with Gasteiger partial charge in [0.15, 0.2) is 6.61 Å². The van der Waals surface area contributed by atoms with Crippen LogP contribution in [-0.2, 0) is 16.0 Å². The van der Waals surface area contributed by atoms with Gasteiger partial charge in [0.1, 0.15) is 5.76 Å². The third-order valence-corrected chi connectivity index (χ3v) is 6.50. The Bertz CT molecular complexity index is 1420. The van der Waals surface area contributed by atoms with Crippen molar-refractivity contribution >= 4 is 51.7 Å². The van der Waals surface area contributed by atoms with Gasteiger partial charge in [-0.15, -0.1) is 11.3 Å². The highest BCUT2D eigenvalue weighted by atomic mass is 32.1. The highest BCUT2D eigenvalue weighted by Crippen LogP contribution is 2.36. The number of allylic oxidation sites excluding steroid dienone is 1. The van der Waals surface area contributed by atoms with Gasteiger partial charge in [-0.25, -0.2) is 9.78 Å². The molecule has 0 unspecified atom stereocenters. The van der Waals surface area contributed by atoms with Gasteiger partial charge in [-0.05, 0) is 66.1 Å². The molecule has 2 N–H and O–H groups in total. The molecule has 2 amide bonds. The zero-order valence-electron chi connectivity index (χ0n) is 18.6. The number of furan rings is 1. The summed E-state index contributed by atoms with van der Waals surface area (Å²) < 4.78 is 10.8. The first-order valence-corrected chi connectivity index (χ1v) is 11.9. The summed E-state index contributed by atoms with van der Waals surface area (Å²) in [7, 11) is 0. The van der Waals surface area contributed by atoms with Gasteiger partial charge in [-0.3, -0.25) is 20.4 Å². The number of pyridine rings is 1. The van der Waals surface area contributed by atoms with E-state index in [-0.39, 0.29) is 0 Å². The topological polar surface area (TPSA) is 111 Å². The molecule has 3 heterocycles. The van der Waals surface area contributed by atoms with E-state index in [0.717, 1.165) is 29.7 Å². The highest BCUT2D eigenvalue weighted by Gasteiger charge is 2.26. The lowest BCUT2D eigenvalue weighted by Gasteiger charge is -2.22. The lowest BCUT2D eigenvalue weighted by Crippen LogP contribution is -2.43. The Kier molecular flexibility index (Phi) is 6.40. The van der Waals surface area contributed by atoms with Crippen molar-refractivity contribution in [3.05, 3.63) is 87.6 Å². The first kappa shape index (κ1) is 22.5. The van der Waals surface area contributed by atoms with Gasteiger partial charge < -0.3 is 9.15 Å². The molecule has 1 aliphatic rings. The monoisotopic (exact) mass is 487 g/mol. The third kappa shape index (κ3) is 4.85. The second kappa shape index (κ2) is 9.94. The summed E-state index contributed by atoms with van der Waals surface area (Å²) in [4.78, 5) is 42.7. The molecule has 0 aliphatic heterocycles. The Morgan fingerprint density at radius 2 is 1.94 bits per heavy atom. The average molecular weight is 488 g/mol. The first-order chi connectivity index (χ1) is 17.1. The van der Waals surface area contributed by atoms with Gasteiger partial charge in [-0.2, -0.15) is 0 Å². The Morgan fingerprint density at radius 1 is 1.06 bits per heavy atom. The van der Waals surface area contributed by atoms with Crippen LogP contribution in [0.4, 0.5) is 0 Å². The molecule has 0 atom stereocenters. The number of carbonyl (C=O) groups excluding carboxylic acids is 3. The molecule has 0 radical (unpaired) electrons. The van der Waals surface area contributed by atoms with Crippen LogP contribution in [-0.4, -0.2) is 29.4 Å². The maximum atomic E-state index is 13.2. The van der Waals surface area contributed by atoms with Gasteiger partial charge in [0.25, 0.3) is 11.8 Å². The summed E-state index contributed by atoms with van der Waals surface area (Å²) in [5, 5.41) is 2.43. The number of aromatic nitrogens is 1. The first-order valence-electron chi connectivity index (χ1n) is 11.1. The number of hydrazine groups is 1. The Balaban J connectivity index is 1.38. The van der Waals surface area contributed by atoms with Crippen LogP contribution in [0.2, 0.25) is 0 Å². The molecule has 0 saturated carbocycles. The fourth-order valence-electron chi connectivity index (χ4n) is 4.09. The molecule has 4 aromatic rings. The predicted octanol–water partition coefficient (Wildman–Crippen LogP) is 4.38. The number of fused-ring (bicyclic) bond motifs is 2. The Hall–Kier alpha value is -4.24. The van der Waals surface area contributed by atoms with Gasteiger partial charge in [0, 0.05) is 5.39 Å². The smallest absolute Gasteiger partial charge is 0.339 e. The van der Waals surface area contributed by atoms with Crippen molar-refractivity contribution in [3.8, 4) is 0 Å². The van der Waals surface area contributed by atoms with Crippen molar-refractivity contribution in [1.82, 2.24) is 15.8 Å². The molecule has 8 nitrogen and oxygen atoms in total. The molecule has 0 spiro atoms. The standard InChI is InChI=1S/C26H21N3O5S/c30-22(28-29-25(31)21-11-5-13-35-21)15-34-26(32)23-18-8-1-2-10-20(18)27-24-16(6-3-9-19(23)24)14-17-7-4-12-33-17/h1-2,4-5,7-8,10-14H,3,6,9,15H2,(H,28,30)(H,29,31)/b16-14+. The fourth-order valence-corrected chi connectivity index (χ4v) is 4.71. The Morgan fingerprint density at radius 3 is 2.74 bits per heavy atom. The number of thiophene rings is 1. The van der Waals surface area contributed by atoms with Gasteiger partial charge in [-0.1, -0.05) is 24.3 Å². The molecule has 0 fully saturated rings. The molecule has 3 aromatic heterocycles. The molecular formula is C26H21N3O5S. The number of nitrogens with one attached hydrogen (secondary N) is 2. The van der Waals surface area contributed by atoms with Crippen LogP contribution in [0.1, 0.15) is 49.9 Å². The molecule has 5 rings (SSSR count). The molecular weight excluding hydrogens is 466 g/mol. The van der Waals surface area contributed by atoms with Crippen molar-refractivity contribution < 1.29 is 23.5 Å². The number of esters is 1. The maximum Gasteiger partial charge on any atom is 0.339 e. The SMILES string of the molecule is O=C(COC(=O)c1c2c(nc3ccccc13)/C(=C/c1ccco1)CCC2)NNC(=O)c1cccs1. The molecule has 0 saturated heterocycles. The average Bonchev–Trinajstić information content (AvgIpc) is 3.59. The van der Waals surface area contributed by atoms with E-state index in [1.807, 2.05) is 42.5 Å². The van der Waals surface area contributed by atoms with Gasteiger partial charge >= 0.3 is 5.97 Å². The minimum absolute atomic E-state index is 0.408. The van der Waals surface area contributed by atoms with Crippen molar-refractivity contribution in [2.75, 3.05) is 6.61 Å². The van der Waals surface area contributed by atoms with E-state index in [9.17, 15) is 14.4 Å². The van der Waals surface area contributed by atoms with E-state index in [0.29, 0.717) is 33.5 Å². The lowest BCUT2D eigenvalue weighted by atomic mass is 9.86. The highest BCUT2D eigenvalue weighted by molar-refractivity contribution is 7.12. The predicted molar refractivity (Wildman–Crippen MR) is 131 cm³/mol. The second-order valence-corrected chi connectivity index (χ2v) is 8.87. The number of benzene rings is 1. The third-order valence-electron chi connectivity index (χ3n) is 5.63. The van der Waals surface area contributed by atoms with E-state index in [4.69, 9.17) is 14.1 Å². The van der Waals surface area contributed by atoms with E-state index in [1.54, 1.807) is 23.8 Å². The van der Waals surface area contributed by atoms with Gasteiger partial charge in [0.05, 0.1) is 27.9 Å². The van der Waals surface area contributed by atoms with E-state index >= 15 is 0 Å². The number of ether oxygens (including phenoxy) is 1. The molecule has 35 heavy (non-hydrogen) atoms. The summed E-state index contributed by atoms with van der Waals surface area (Å²) in [5.74, 6) is -0.981. The summed E-state index contributed by atoms with van der Waals surface area (Å²) in [6.07, 6.45) is 5.87. The van der Waals surface area contributed by atoms with E-state index in [1.165, 1.54) is 11.3 Å². The van der Waals surface area contributed by atoms with Crippen LogP contribution in [0.15, 0.2) is 64.6 Å². The largest absolute Gasteiger partial charge is 0.465 e. The van der Waals surface area contributed by atoms with E-state index < -0.39 is 24.4 Å². The number of hydrogen-bond donors (Lipinski definition) is 2. The maximum absolute atomic E-state index is 13.2. The minimum atomic E-state index is -0.645. The molecule has 1 aromatic carbocycles. The summed E-state index contributed by atoms with van der Waals surface area (Å²) in [6, 6.07) is 14.4. The number of carbonyl (C=O) groups is 3. The zero-order valence-corrected chi connectivity index (χ0v) is 19.4. The Labute approximate surface area is 204 Å². The number of para-hydroxylation sites is 1. The lowest BCUT2D eigenvalue weighted by molar-refractivity contribution is -0.125. The molecule has 0 bridgehead atoms. The quantitative estimate of drug-likeness (QED) is 0.319. The molecule has 176 valence electrons. The van der Waals surface area contributed by atoms with Crippen LogP contribution in [0.25, 0.3) is 22.6 Å². The van der Waals surface area contributed by atoms with Crippen LogP contribution in [0.3, 0.4) is 0 Å². The van der Waals surface area contributed by atoms with Crippen molar-refractivity contribution in [1.29, 1.82) is 0 Å². The minimum Gasteiger partial charge on any atom is -0.465 e. The summed E-state index contributed by atoms with van der Waals surface area (Å²) >= 11 is 1.25. The van der Waals surface area contributed by atoms with Crippen molar-refractivity contribution in [2.45, 2.75) is 19.3 Å². The number of amides is 2. The van der Waals surface area contributed by atoms with Crippen molar-refractivity contribution in [2.24, 2.45) is 0 Å². The summed E-state index contributed by atoms with van der Waals surface area (Å²) in [5.41, 5.74) is 8.17. The van der Waals surface area contributed by atoms with Crippen molar-refractivity contribution in [3.63, 3.8) is 0 Å². The normalized spacial score (nSPS) is 13.9.